The van der Waals surface area contributed by atoms with Crippen LogP contribution < -0.4 is 10.7 Å². The van der Waals surface area contributed by atoms with Crippen LogP contribution in [-0.2, 0) is 4.79 Å². The average molecular weight is 378 g/mol. The molecule has 2 aromatic rings. The van der Waals surface area contributed by atoms with Crippen molar-refractivity contribution in [2.45, 2.75) is 0 Å². The molecule has 7 heteroatoms. The number of amides is 2. The highest BCUT2D eigenvalue weighted by Gasteiger charge is 2.07. The third-order valence-electron chi connectivity index (χ3n) is 2.77. The quantitative estimate of drug-likeness (QED) is 0.620. The van der Waals surface area contributed by atoms with Gasteiger partial charge in [0.1, 0.15) is 5.82 Å². The summed E-state index contributed by atoms with van der Waals surface area (Å²) in [6.45, 7) is -0.230. The van der Waals surface area contributed by atoms with Crippen molar-refractivity contribution in [1.29, 1.82) is 0 Å². The van der Waals surface area contributed by atoms with Gasteiger partial charge in [-0.2, -0.15) is 5.10 Å². The van der Waals surface area contributed by atoms with Crippen molar-refractivity contribution in [1.82, 2.24) is 10.7 Å². The van der Waals surface area contributed by atoms with Crippen molar-refractivity contribution in [2.24, 2.45) is 5.10 Å². The van der Waals surface area contributed by atoms with Crippen LogP contribution in [0.15, 0.2) is 58.1 Å². The van der Waals surface area contributed by atoms with Crippen molar-refractivity contribution < 1.29 is 14.0 Å². The molecular weight excluding hydrogens is 365 g/mol. The molecule has 0 saturated carbocycles. The number of rotatable bonds is 5. The summed E-state index contributed by atoms with van der Waals surface area (Å²) in [6.07, 6.45) is 1.49. The van der Waals surface area contributed by atoms with Crippen molar-refractivity contribution in [3.05, 3.63) is 69.9 Å². The lowest BCUT2D eigenvalue weighted by atomic mass is 10.2. The minimum Gasteiger partial charge on any atom is -0.343 e. The topological polar surface area (TPSA) is 70.6 Å². The van der Waals surface area contributed by atoms with Crippen LogP contribution in [0.1, 0.15) is 15.9 Å². The monoisotopic (exact) mass is 377 g/mol. The van der Waals surface area contributed by atoms with Crippen LogP contribution in [0, 0.1) is 5.82 Å². The first kappa shape index (κ1) is 16.8. The van der Waals surface area contributed by atoms with E-state index < -0.39 is 17.6 Å². The van der Waals surface area contributed by atoms with Gasteiger partial charge in [-0.3, -0.25) is 9.59 Å². The Kier molecular flexibility index (Phi) is 5.99. The lowest BCUT2D eigenvalue weighted by Crippen LogP contribution is -2.34. The predicted octanol–water partition coefficient (Wildman–Crippen LogP) is 2.47. The van der Waals surface area contributed by atoms with E-state index in [1.54, 1.807) is 0 Å². The fourth-order valence-electron chi connectivity index (χ4n) is 1.67. The molecule has 23 heavy (non-hydrogen) atoms. The Morgan fingerprint density at radius 3 is 2.61 bits per heavy atom. The summed E-state index contributed by atoms with van der Waals surface area (Å²) in [4.78, 5) is 23.3. The smallest absolute Gasteiger partial charge is 0.259 e. The third-order valence-corrected chi connectivity index (χ3v) is 3.26. The van der Waals surface area contributed by atoms with Crippen molar-refractivity contribution in [2.75, 3.05) is 6.54 Å². The van der Waals surface area contributed by atoms with Crippen molar-refractivity contribution >= 4 is 34.0 Å². The number of hydrogen-bond acceptors (Lipinski definition) is 3. The number of nitrogens with zero attached hydrogens (tertiary/aromatic N) is 1. The Hall–Kier alpha value is -2.54. The van der Waals surface area contributed by atoms with Crippen LogP contribution >= 0.6 is 15.9 Å². The SMILES string of the molecule is O=C(CNC(=O)c1ccc(F)cc1)N/N=C\c1cccc(Br)c1. The first-order valence-corrected chi connectivity index (χ1v) is 7.45. The number of carbonyl (C=O) groups is 2. The molecule has 5 nitrogen and oxygen atoms in total. The van der Waals surface area contributed by atoms with E-state index in [1.165, 1.54) is 30.5 Å². The fraction of sp³-hybridized carbons (Fsp3) is 0.0625. The van der Waals surface area contributed by atoms with Gasteiger partial charge in [0, 0.05) is 10.0 Å². The Bertz CT molecular complexity index is 732. The van der Waals surface area contributed by atoms with E-state index in [9.17, 15) is 14.0 Å². The van der Waals surface area contributed by atoms with Gasteiger partial charge in [0.15, 0.2) is 0 Å². The molecule has 118 valence electrons. The molecule has 0 aliphatic carbocycles. The van der Waals surface area contributed by atoms with Crippen LogP contribution in [0.25, 0.3) is 0 Å². The summed E-state index contributed by atoms with van der Waals surface area (Å²) < 4.78 is 13.7. The van der Waals surface area contributed by atoms with E-state index in [1.807, 2.05) is 24.3 Å². The molecule has 0 spiro atoms. The Balaban J connectivity index is 1.78. The zero-order valence-electron chi connectivity index (χ0n) is 11.9. The maximum atomic E-state index is 12.8. The largest absolute Gasteiger partial charge is 0.343 e. The lowest BCUT2D eigenvalue weighted by molar-refractivity contribution is -0.120. The summed E-state index contributed by atoms with van der Waals surface area (Å²) in [5.41, 5.74) is 3.40. The molecule has 2 N–H and O–H groups in total. The van der Waals surface area contributed by atoms with E-state index in [0.29, 0.717) is 0 Å². The summed E-state index contributed by atoms with van der Waals surface area (Å²) in [7, 11) is 0. The molecule has 0 radical (unpaired) electrons. The number of hydrogen-bond donors (Lipinski definition) is 2. The molecular formula is C16H13BrFN3O2. The number of halogens is 2. The van der Waals surface area contributed by atoms with Crippen LogP contribution in [-0.4, -0.2) is 24.6 Å². The molecule has 0 saturated heterocycles. The second-order valence-electron chi connectivity index (χ2n) is 4.54. The van der Waals surface area contributed by atoms with Gasteiger partial charge >= 0.3 is 0 Å². The molecule has 0 aliphatic rings. The van der Waals surface area contributed by atoms with Crippen LogP contribution in [0.2, 0.25) is 0 Å². The van der Waals surface area contributed by atoms with E-state index in [4.69, 9.17) is 0 Å². The zero-order chi connectivity index (χ0) is 16.7. The Morgan fingerprint density at radius 1 is 1.17 bits per heavy atom. The van der Waals surface area contributed by atoms with Gasteiger partial charge in [-0.1, -0.05) is 28.1 Å². The predicted molar refractivity (Wildman–Crippen MR) is 88.6 cm³/mol. The standard InChI is InChI=1S/C16H13BrFN3O2/c17-13-3-1-2-11(8-13)9-20-21-15(22)10-19-16(23)12-4-6-14(18)7-5-12/h1-9H,10H2,(H,19,23)(H,21,22)/b20-9-. The van der Waals surface area contributed by atoms with E-state index in [0.717, 1.165) is 10.0 Å². The second kappa shape index (κ2) is 8.19. The zero-order valence-corrected chi connectivity index (χ0v) is 13.5. The molecule has 0 aromatic heterocycles. The summed E-state index contributed by atoms with van der Waals surface area (Å²) >= 11 is 3.33. The van der Waals surface area contributed by atoms with Gasteiger partial charge in [-0.15, -0.1) is 0 Å². The third kappa shape index (κ3) is 5.63. The van der Waals surface area contributed by atoms with Gasteiger partial charge in [0.2, 0.25) is 0 Å². The van der Waals surface area contributed by atoms with Gasteiger partial charge in [0.05, 0.1) is 12.8 Å². The second-order valence-corrected chi connectivity index (χ2v) is 5.45. The summed E-state index contributed by atoms with van der Waals surface area (Å²) in [5, 5.41) is 6.22. The minimum absolute atomic E-state index is 0.230. The number of benzene rings is 2. The van der Waals surface area contributed by atoms with Crippen LogP contribution in [0.3, 0.4) is 0 Å². The minimum atomic E-state index is -0.466. The van der Waals surface area contributed by atoms with E-state index >= 15 is 0 Å². The van der Waals surface area contributed by atoms with Gasteiger partial charge < -0.3 is 5.32 Å². The summed E-state index contributed by atoms with van der Waals surface area (Å²) in [5.74, 6) is -1.36. The molecule has 2 amide bonds. The Morgan fingerprint density at radius 2 is 1.91 bits per heavy atom. The van der Waals surface area contributed by atoms with Gasteiger partial charge in [-0.05, 0) is 42.0 Å². The first-order chi connectivity index (χ1) is 11.0. The fourth-order valence-corrected chi connectivity index (χ4v) is 2.09. The van der Waals surface area contributed by atoms with Crippen molar-refractivity contribution in [3.8, 4) is 0 Å². The van der Waals surface area contributed by atoms with E-state index in [2.05, 4.69) is 31.8 Å². The highest BCUT2D eigenvalue weighted by molar-refractivity contribution is 9.10. The van der Waals surface area contributed by atoms with Gasteiger partial charge in [-0.25, -0.2) is 9.82 Å². The normalized spacial score (nSPS) is 10.5. The van der Waals surface area contributed by atoms with Crippen LogP contribution in [0.5, 0.6) is 0 Å². The highest BCUT2D eigenvalue weighted by Crippen LogP contribution is 2.09. The molecule has 0 bridgehead atoms. The molecule has 2 aromatic carbocycles. The number of carbonyl (C=O) groups excluding carboxylic acids is 2. The molecule has 0 atom stereocenters. The van der Waals surface area contributed by atoms with E-state index in [-0.39, 0.29) is 12.1 Å². The molecule has 0 unspecified atom stereocenters. The average Bonchev–Trinajstić information content (AvgIpc) is 2.53. The van der Waals surface area contributed by atoms with Gasteiger partial charge in [0.25, 0.3) is 11.8 Å². The Labute approximate surface area is 140 Å². The molecule has 2 rings (SSSR count). The first-order valence-electron chi connectivity index (χ1n) is 6.66. The lowest BCUT2D eigenvalue weighted by Gasteiger charge is -2.04. The molecule has 0 fully saturated rings. The molecule has 0 heterocycles. The molecule has 0 aliphatic heterocycles. The van der Waals surface area contributed by atoms with Crippen LogP contribution in [0.4, 0.5) is 4.39 Å². The highest BCUT2D eigenvalue weighted by atomic mass is 79.9. The summed E-state index contributed by atoms with van der Waals surface area (Å²) in [6, 6.07) is 12.4. The maximum Gasteiger partial charge on any atom is 0.259 e. The number of nitrogens with one attached hydrogen (secondary N) is 2. The maximum absolute atomic E-state index is 12.8. The van der Waals surface area contributed by atoms with Crippen molar-refractivity contribution in [3.63, 3.8) is 0 Å². The number of hydrazone groups is 1.